The van der Waals surface area contributed by atoms with E-state index in [1.54, 1.807) is 0 Å². The highest BCUT2D eigenvalue weighted by Gasteiger charge is 2.19. The van der Waals surface area contributed by atoms with E-state index >= 15 is 0 Å². The SMILES string of the molecule is O=c1cc(C2CCCN2)o[nH]1. The molecule has 1 unspecified atom stereocenters. The highest BCUT2D eigenvalue weighted by Crippen LogP contribution is 2.20. The van der Waals surface area contributed by atoms with Crippen LogP contribution < -0.4 is 10.9 Å². The normalized spacial score (nSPS) is 24.2. The van der Waals surface area contributed by atoms with E-state index in [-0.39, 0.29) is 11.6 Å². The van der Waals surface area contributed by atoms with Gasteiger partial charge in [0.25, 0.3) is 5.56 Å². The topological polar surface area (TPSA) is 58.0 Å². The molecule has 1 atom stereocenters. The summed E-state index contributed by atoms with van der Waals surface area (Å²) in [4.78, 5) is 10.7. The lowest BCUT2D eigenvalue weighted by Crippen LogP contribution is -2.12. The third kappa shape index (κ3) is 1.21. The van der Waals surface area contributed by atoms with Gasteiger partial charge in [-0.1, -0.05) is 0 Å². The first kappa shape index (κ1) is 6.67. The van der Waals surface area contributed by atoms with Gasteiger partial charge >= 0.3 is 0 Å². The molecule has 0 amide bonds. The van der Waals surface area contributed by atoms with Gasteiger partial charge in [-0.2, -0.15) is 5.16 Å². The van der Waals surface area contributed by atoms with Crippen LogP contribution in [0.15, 0.2) is 15.4 Å². The molecule has 0 saturated carbocycles. The highest BCUT2D eigenvalue weighted by molar-refractivity contribution is 5.02. The molecule has 1 fully saturated rings. The second kappa shape index (κ2) is 2.54. The predicted molar refractivity (Wildman–Crippen MR) is 39.3 cm³/mol. The largest absolute Gasteiger partial charge is 0.382 e. The van der Waals surface area contributed by atoms with Crippen molar-refractivity contribution in [2.75, 3.05) is 6.54 Å². The Morgan fingerprint density at radius 2 is 2.55 bits per heavy atom. The van der Waals surface area contributed by atoms with Crippen molar-refractivity contribution in [2.45, 2.75) is 18.9 Å². The Morgan fingerprint density at radius 3 is 3.09 bits per heavy atom. The van der Waals surface area contributed by atoms with Crippen molar-refractivity contribution in [1.29, 1.82) is 0 Å². The number of aromatic nitrogens is 1. The summed E-state index contributed by atoms with van der Waals surface area (Å²) in [5, 5.41) is 5.51. The molecule has 1 aliphatic heterocycles. The molecule has 0 aliphatic carbocycles. The summed E-state index contributed by atoms with van der Waals surface area (Å²) < 4.78 is 4.95. The molecule has 2 rings (SSSR count). The zero-order valence-corrected chi connectivity index (χ0v) is 6.09. The van der Waals surface area contributed by atoms with Crippen LogP contribution >= 0.6 is 0 Å². The third-order valence-electron chi connectivity index (χ3n) is 1.95. The molecule has 2 heterocycles. The van der Waals surface area contributed by atoms with Crippen LogP contribution in [0.5, 0.6) is 0 Å². The van der Waals surface area contributed by atoms with Crippen molar-refractivity contribution < 1.29 is 4.52 Å². The second-order valence-electron chi connectivity index (χ2n) is 2.76. The van der Waals surface area contributed by atoms with Gasteiger partial charge in [0.05, 0.1) is 6.04 Å². The van der Waals surface area contributed by atoms with Gasteiger partial charge in [-0.05, 0) is 19.4 Å². The minimum atomic E-state index is -0.159. The smallest absolute Gasteiger partial charge is 0.280 e. The maximum Gasteiger partial charge on any atom is 0.280 e. The summed E-state index contributed by atoms with van der Waals surface area (Å²) in [5.74, 6) is 0.729. The number of nitrogens with one attached hydrogen (secondary N) is 2. The standard InChI is InChI=1S/C7H10N2O2/c10-7-4-6(11-9-7)5-2-1-3-8-5/h4-5,8H,1-3H2,(H,9,10). The Kier molecular flexibility index (Phi) is 1.54. The van der Waals surface area contributed by atoms with Crippen LogP contribution in [0.25, 0.3) is 0 Å². The van der Waals surface area contributed by atoms with Crippen molar-refractivity contribution in [3.63, 3.8) is 0 Å². The van der Waals surface area contributed by atoms with E-state index in [0.29, 0.717) is 0 Å². The van der Waals surface area contributed by atoms with Gasteiger partial charge in [-0.3, -0.25) is 4.79 Å². The highest BCUT2D eigenvalue weighted by atomic mass is 16.5. The fraction of sp³-hybridized carbons (Fsp3) is 0.571. The molecule has 2 N–H and O–H groups in total. The van der Waals surface area contributed by atoms with E-state index in [1.807, 2.05) is 0 Å². The fourth-order valence-electron chi connectivity index (χ4n) is 1.40. The van der Waals surface area contributed by atoms with Gasteiger partial charge in [0.2, 0.25) is 0 Å². The molecular weight excluding hydrogens is 144 g/mol. The van der Waals surface area contributed by atoms with Crippen LogP contribution in [0.1, 0.15) is 24.6 Å². The molecule has 0 bridgehead atoms. The molecule has 1 aromatic rings. The summed E-state index contributed by atoms with van der Waals surface area (Å²) in [7, 11) is 0. The number of rotatable bonds is 1. The summed E-state index contributed by atoms with van der Waals surface area (Å²) >= 11 is 0. The predicted octanol–water partition coefficient (Wildman–Crippen LogP) is 0.392. The average Bonchev–Trinajstić information content (AvgIpc) is 2.55. The average molecular weight is 154 g/mol. The van der Waals surface area contributed by atoms with Crippen molar-refractivity contribution in [3.8, 4) is 0 Å². The fourth-order valence-corrected chi connectivity index (χ4v) is 1.40. The molecule has 1 aliphatic rings. The number of H-pyrrole nitrogens is 1. The molecule has 11 heavy (non-hydrogen) atoms. The Balaban J connectivity index is 2.21. The van der Waals surface area contributed by atoms with Crippen molar-refractivity contribution >= 4 is 0 Å². The maximum absolute atomic E-state index is 10.7. The lowest BCUT2D eigenvalue weighted by atomic mass is 10.2. The minimum absolute atomic E-state index is 0.159. The number of hydrogen-bond acceptors (Lipinski definition) is 3. The van der Waals surface area contributed by atoms with Crippen LogP contribution in [0.3, 0.4) is 0 Å². The first-order valence-electron chi connectivity index (χ1n) is 3.78. The van der Waals surface area contributed by atoms with Crippen LogP contribution in [0.2, 0.25) is 0 Å². The van der Waals surface area contributed by atoms with Gasteiger partial charge in [0, 0.05) is 6.07 Å². The van der Waals surface area contributed by atoms with Gasteiger partial charge in [0.15, 0.2) is 5.76 Å². The van der Waals surface area contributed by atoms with Crippen LogP contribution in [-0.4, -0.2) is 11.7 Å². The lowest BCUT2D eigenvalue weighted by Gasteiger charge is -2.02. The minimum Gasteiger partial charge on any atom is -0.382 e. The molecule has 60 valence electrons. The molecule has 0 spiro atoms. The first-order valence-corrected chi connectivity index (χ1v) is 3.78. The Bertz CT molecular complexity index is 283. The van der Waals surface area contributed by atoms with Gasteiger partial charge < -0.3 is 9.84 Å². The molecule has 4 nitrogen and oxygen atoms in total. The monoisotopic (exact) mass is 154 g/mol. The quantitative estimate of drug-likeness (QED) is 0.615. The Hall–Kier alpha value is -1.03. The van der Waals surface area contributed by atoms with Gasteiger partial charge in [0.1, 0.15) is 0 Å². The zero-order valence-electron chi connectivity index (χ0n) is 6.09. The van der Waals surface area contributed by atoms with Gasteiger partial charge in [-0.25, -0.2) is 0 Å². The molecule has 0 aromatic carbocycles. The van der Waals surface area contributed by atoms with Crippen LogP contribution in [0, 0.1) is 0 Å². The van der Waals surface area contributed by atoms with Crippen molar-refractivity contribution in [1.82, 2.24) is 10.5 Å². The van der Waals surface area contributed by atoms with E-state index in [2.05, 4.69) is 10.5 Å². The summed E-state index contributed by atoms with van der Waals surface area (Å²) in [5.41, 5.74) is -0.159. The van der Waals surface area contributed by atoms with Crippen LogP contribution in [-0.2, 0) is 0 Å². The molecule has 0 radical (unpaired) electrons. The first-order chi connectivity index (χ1) is 5.36. The third-order valence-corrected chi connectivity index (χ3v) is 1.95. The lowest BCUT2D eigenvalue weighted by molar-refractivity contribution is 0.348. The molecular formula is C7H10N2O2. The van der Waals surface area contributed by atoms with E-state index in [9.17, 15) is 4.79 Å². The summed E-state index contributed by atoms with van der Waals surface area (Å²) in [6.07, 6.45) is 2.21. The zero-order chi connectivity index (χ0) is 7.68. The van der Waals surface area contributed by atoms with E-state index in [0.717, 1.165) is 25.1 Å². The van der Waals surface area contributed by atoms with E-state index in [4.69, 9.17) is 4.52 Å². The summed E-state index contributed by atoms with van der Waals surface area (Å²) in [6.45, 7) is 1.01. The second-order valence-corrected chi connectivity index (χ2v) is 2.76. The Labute approximate surface area is 63.6 Å². The molecule has 1 saturated heterocycles. The van der Waals surface area contributed by atoms with Gasteiger partial charge in [-0.15, -0.1) is 0 Å². The number of hydrogen-bond donors (Lipinski definition) is 2. The Morgan fingerprint density at radius 1 is 1.64 bits per heavy atom. The molecule has 1 aromatic heterocycles. The maximum atomic E-state index is 10.7. The van der Waals surface area contributed by atoms with E-state index < -0.39 is 0 Å². The van der Waals surface area contributed by atoms with Crippen LogP contribution in [0.4, 0.5) is 0 Å². The van der Waals surface area contributed by atoms with E-state index in [1.165, 1.54) is 6.07 Å². The van der Waals surface area contributed by atoms with Crippen molar-refractivity contribution in [3.05, 3.63) is 22.2 Å². The van der Waals surface area contributed by atoms with Crippen molar-refractivity contribution in [2.24, 2.45) is 0 Å². The number of aromatic amines is 1. The summed E-state index contributed by atoms with van der Waals surface area (Å²) in [6, 6.07) is 1.75. The molecule has 4 heteroatoms.